The number of carbonyl (C=O) groups is 2. The second-order valence-electron chi connectivity index (χ2n) is 8.08. The molecule has 0 saturated heterocycles. The topological polar surface area (TPSA) is 119 Å². The van der Waals surface area contributed by atoms with Gasteiger partial charge in [0.05, 0.1) is 25.0 Å². The van der Waals surface area contributed by atoms with E-state index in [-0.39, 0.29) is 12.0 Å². The first kappa shape index (κ1) is 25.0. The van der Waals surface area contributed by atoms with Crippen molar-refractivity contribution in [2.75, 3.05) is 25.6 Å². The molecule has 0 aliphatic heterocycles. The van der Waals surface area contributed by atoms with E-state index in [0.29, 0.717) is 18.2 Å². The smallest absolute Gasteiger partial charge is 0.462 e. The Morgan fingerprint density at radius 1 is 1.21 bits per heavy atom. The van der Waals surface area contributed by atoms with Crippen molar-refractivity contribution in [3.8, 4) is 5.69 Å². The molecule has 3 aromatic rings. The van der Waals surface area contributed by atoms with Gasteiger partial charge in [0, 0.05) is 29.2 Å². The molecule has 1 heterocycles. The number of aromatic nitrogens is 2. The molecule has 1 amide bonds. The number of rotatable bonds is 6. The Bertz CT molecular complexity index is 1150. The standard InChI is InChI=1S/C20H22N4O2.C3H3F3O2/c21-19(26)17-4-1-3-14-11-24(23-18(14)17)16-7-5-15(6-8-16)22-12-20(13-25)9-2-10-20;1-8-2(7)3(4,5)6/h1,3-8,11,22,25H,2,9-10,12-13H2,(H2,21,26);1H3. The number of hydrogen-bond acceptors (Lipinski definition) is 6. The lowest BCUT2D eigenvalue weighted by Crippen LogP contribution is -2.39. The first-order valence-corrected chi connectivity index (χ1v) is 10.5. The number of halogens is 3. The first-order chi connectivity index (χ1) is 16.1. The minimum absolute atomic E-state index is 0.0452. The number of nitrogens with zero attached hydrogens (tertiary/aromatic N) is 2. The van der Waals surface area contributed by atoms with Crippen molar-refractivity contribution in [1.29, 1.82) is 0 Å². The third kappa shape index (κ3) is 5.66. The van der Waals surface area contributed by atoms with Gasteiger partial charge in [-0.3, -0.25) is 4.79 Å². The van der Waals surface area contributed by atoms with Crippen LogP contribution in [0.15, 0.2) is 48.7 Å². The quantitative estimate of drug-likeness (QED) is 0.467. The van der Waals surface area contributed by atoms with Crippen molar-refractivity contribution in [3.05, 3.63) is 54.2 Å². The monoisotopic (exact) mass is 478 g/mol. The molecule has 1 aliphatic rings. The van der Waals surface area contributed by atoms with Crippen LogP contribution < -0.4 is 11.1 Å². The number of benzene rings is 2. The zero-order valence-corrected chi connectivity index (χ0v) is 18.4. The number of alkyl halides is 3. The molecule has 2 aromatic carbocycles. The number of hydrogen-bond donors (Lipinski definition) is 3. The summed E-state index contributed by atoms with van der Waals surface area (Å²) < 4.78 is 38.0. The van der Waals surface area contributed by atoms with Gasteiger partial charge in [0.2, 0.25) is 0 Å². The number of carbonyl (C=O) groups excluding carboxylic acids is 2. The van der Waals surface area contributed by atoms with Gasteiger partial charge in [0.1, 0.15) is 5.52 Å². The molecule has 8 nitrogen and oxygen atoms in total. The highest BCUT2D eigenvalue weighted by molar-refractivity contribution is 6.04. The maximum Gasteiger partial charge on any atom is 0.490 e. The number of nitrogens with two attached hydrogens (primary N) is 1. The maximum absolute atomic E-state index is 11.6. The molecule has 1 saturated carbocycles. The number of nitrogens with one attached hydrogen (secondary N) is 1. The number of primary amides is 1. The number of ether oxygens (including phenoxy) is 1. The van der Waals surface area contributed by atoms with Crippen LogP contribution in [0.4, 0.5) is 18.9 Å². The summed E-state index contributed by atoms with van der Waals surface area (Å²) >= 11 is 0. The van der Waals surface area contributed by atoms with Gasteiger partial charge in [0.25, 0.3) is 5.91 Å². The lowest BCUT2D eigenvalue weighted by Gasteiger charge is -2.40. The fourth-order valence-electron chi connectivity index (χ4n) is 3.58. The van der Waals surface area contributed by atoms with Gasteiger partial charge in [-0.2, -0.15) is 18.3 Å². The summed E-state index contributed by atoms with van der Waals surface area (Å²) in [5.74, 6) is -2.65. The van der Waals surface area contributed by atoms with Crippen molar-refractivity contribution in [2.45, 2.75) is 25.4 Å². The summed E-state index contributed by atoms with van der Waals surface area (Å²) in [6, 6.07) is 13.4. The first-order valence-electron chi connectivity index (χ1n) is 10.5. The number of aliphatic hydroxyl groups is 1. The average Bonchev–Trinajstić information content (AvgIpc) is 3.22. The molecular formula is C23H25F3N4O4. The largest absolute Gasteiger partial charge is 0.490 e. The Morgan fingerprint density at radius 3 is 2.35 bits per heavy atom. The molecule has 182 valence electrons. The molecule has 0 radical (unpaired) electrons. The van der Waals surface area contributed by atoms with Crippen LogP contribution >= 0.6 is 0 Å². The van der Waals surface area contributed by atoms with Crippen LogP contribution in [0.25, 0.3) is 16.6 Å². The summed E-state index contributed by atoms with van der Waals surface area (Å²) in [4.78, 5) is 21.0. The van der Waals surface area contributed by atoms with Crippen LogP contribution in [-0.2, 0) is 9.53 Å². The SMILES string of the molecule is COC(=O)C(F)(F)F.NC(=O)c1cccc2cn(-c3ccc(NCC4(CO)CCC4)cc3)nc12. The van der Waals surface area contributed by atoms with Crippen molar-refractivity contribution < 1.29 is 32.6 Å². The van der Waals surface area contributed by atoms with E-state index in [1.54, 1.807) is 16.8 Å². The summed E-state index contributed by atoms with van der Waals surface area (Å²) in [7, 11) is 0.676. The molecule has 0 unspecified atom stereocenters. The van der Waals surface area contributed by atoms with Gasteiger partial charge < -0.3 is 20.9 Å². The number of esters is 1. The van der Waals surface area contributed by atoms with Gasteiger partial charge in [0.15, 0.2) is 0 Å². The summed E-state index contributed by atoms with van der Waals surface area (Å²) in [6.07, 6.45) is 0.392. The fourth-order valence-corrected chi connectivity index (χ4v) is 3.58. The molecular weight excluding hydrogens is 453 g/mol. The molecule has 0 bridgehead atoms. The predicted octanol–water partition coefficient (Wildman–Crippen LogP) is 3.42. The molecule has 11 heteroatoms. The third-order valence-corrected chi connectivity index (χ3v) is 5.77. The Hall–Kier alpha value is -3.60. The number of anilines is 1. The zero-order chi connectivity index (χ0) is 24.9. The molecule has 34 heavy (non-hydrogen) atoms. The Kier molecular flexibility index (Phi) is 7.45. The molecule has 0 spiro atoms. The fraction of sp³-hybridized carbons (Fsp3) is 0.348. The van der Waals surface area contributed by atoms with Crippen LogP contribution in [0.5, 0.6) is 0 Å². The Balaban J connectivity index is 0.000000350. The predicted molar refractivity (Wildman–Crippen MR) is 120 cm³/mol. The minimum atomic E-state index is -4.85. The van der Waals surface area contributed by atoms with E-state index in [0.717, 1.165) is 36.1 Å². The average molecular weight is 478 g/mol. The van der Waals surface area contributed by atoms with Crippen LogP contribution in [0.2, 0.25) is 0 Å². The van der Waals surface area contributed by atoms with Crippen LogP contribution in [0, 0.1) is 5.41 Å². The van der Waals surface area contributed by atoms with E-state index in [1.807, 2.05) is 36.5 Å². The molecule has 4 N–H and O–H groups in total. The Morgan fingerprint density at radius 2 is 1.88 bits per heavy atom. The molecule has 1 aromatic heterocycles. The molecule has 1 aliphatic carbocycles. The number of methoxy groups -OCH3 is 1. The van der Waals surface area contributed by atoms with Crippen molar-refractivity contribution >= 4 is 28.5 Å². The van der Waals surface area contributed by atoms with Gasteiger partial charge in [-0.05, 0) is 43.2 Å². The summed E-state index contributed by atoms with van der Waals surface area (Å²) in [5, 5.41) is 18.4. The van der Waals surface area contributed by atoms with E-state index in [1.165, 1.54) is 6.42 Å². The highest BCUT2D eigenvalue weighted by atomic mass is 19.4. The number of amides is 1. The molecule has 0 atom stereocenters. The van der Waals surface area contributed by atoms with Gasteiger partial charge >= 0.3 is 12.1 Å². The van der Waals surface area contributed by atoms with E-state index in [9.17, 15) is 27.9 Å². The van der Waals surface area contributed by atoms with Gasteiger partial charge in [-0.15, -0.1) is 0 Å². The second kappa shape index (κ2) is 10.1. The second-order valence-corrected chi connectivity index (χ2v) is 8.08. The molecule has 1 fully saturated rings. The zero-order valence-electron chi connectivity index (χ0n) is 18.4. The van der Waals surface area contributed by atoms with Crippen LogP contribution in [0.3, 0.4) is 0 Å². The van der Waals surface area contributed by atoms with Crippen molar-refractivity contribution in [3.63, 3.8) is 0 Å². The summed E-state index contributed by atoms with van der Waals surface area (Å²) in [5.41, 5.74) is 8.43. The van der Waals surface area contributed by atoms with E-state index >= 15 is 0 Å². The highest BCUT2D eigenvalue weighted by Gasteiger charge is 2.40. The van der Waals surface area contributed by atoms with Crippen molar-refractivity contribution in [1.82, 2.24) is 9.78 Å². The lowest BCUT2D eigenvalue weighted by atomic mass is 9.69. The highest BCUT2D eigenvalue weighted by Crippen LogP contribution is 2.40. The van der Waals surface area contributed by atoms with Crippen molar-refractivity contribution in [2.24, 2.45) is 11.1 Å². The summed E-state index contributed by atoms with van der Waals surface area (Å²) in [6.45, 7) is 1.02. The molecule has 4 rings (SSSR count). The third-order valence-electron chi connectivity index (χ3n) is 5.77. The number of aliphatic hydroxyl groups excluding tert-OH is 1. The van der Waals surface area contributed by atoms with Crippen LogP contribution in [0.1, 0.15) is 29.6 Å². The van der Waals surface area contributed by atoms with E-state index in [4.69, 9.17) is 5.73 Å². The Labute approximate surface area is 193 Å². The van der Waals surface area contributed by atoms with Gasteiger partial charge in [-0.25, -0.2) is 9.48 Å². The van der Waals surface area contributed by atoms with Crippen LogP contribution in [-0.4, -0.2) is 53.2 Å². The van der Waals surface area contributed by atoms with Gasteiger partial charge in [-0.1, -0.05) is 18.6 Å². The lowest BCUT2D eigenvalue weighted by molar-refractivity contribution is -0.196. The number of fused-ring (bicyclic) bond motifs is 1. The normalized spacial score (nSPS) is 14.5. The maximum atomic E-state index is 11.6. The van der Waals surface area contributed by atoms with E-state index < -0.39 is 18.1 Å². The van der Waals surface area contributed by atoms with E-state index in [2.05, 4.69) is 15.2 Å². The minimum Gasteiger partial charge on any atom is -0.462 e.